The molecule has 1 aromatic carbocycles. The van der Waals surface area contributed by atoms with Crippen molar-refractivity contribution >= 4 is 21.4 Å². The fourth-order valence-corrected chi connectivity index (χ4v) is 2.49. The average Bonchev–Trinajstić information content (AvgIpc) is 2.67. The average molecular weight is 239 g/mol. The molecular weight excluding hydrogens is 225 g/mol. The second-order valence-corrected chi connectivity index (χ2v) is 5.03. The van der Waals surface area contributed by atoms with Gasteiger partial charge in [0.1, 0.15) is 5.82 Å². The van der Waals surface area contributed by atoms with Crippen molar-refractivity contribution in [3.8, 4) is 0 Å². The van der Waals surface area contributed by atoms with Crippen LogP contribution >= 0.6 is 11.3 Å². The Hall–Kier alpha value is -0.970. The zero-order valence-electron chi connectivity index (χ0n) is 9.03. The molecule has 1 heterocycles. The minimum Gasteiger partial charge on any atom is -0.395 e. The highest BCUT2D eigenvalue weighted by Crippen LogP contribution is 2.26. The molecule has 0 aliphatic carbocycles. The second kappa shape index (κ2) is 4.91. The molecule has 0 saturated heterocycles. The standard InChI is InChI=1S/C12H14FNOS/c1-8(7-15)14-6-11-5-9-4-10(13)2-3-12(9)16-11/h2-5,8,14-15H,6-7H2,1H3. The molecule has 0 amide bonds. The first-order chi connectivity index (χ1) is 7.69. The van der Waals surface area contributed by atoms with Gasteiger partial charge < -0.3 is 10.4 Å². The summed E-state index contributed by atoms with van der Waals surface area (Å²) in [5, 5.41) is 13.0. The van der Waals surface area contributed by atoms with Crippen LogP contribution in [-0.4, -0.2) is 17.8 Å². The molecule has 4 heteroatoms. The van der Waals surface area contributed by atoms with Crippen molar-refractivity contribution in [3.63, 3.8) is 0 Å². The monoisotopic (exact) mass is 239 g/mol. The van der Waals surface area contributed by atoms with Gasteiger partial charge in [0.15, 0.2) is 0 Å². The van der Waals surface area contributed by atoms with Crippen LogP contribution in [0.1, 0.15) is 11.8 Å². The number of nitrogens with one attached hydrogen (secondary N) is 1. The molecule has 1 atom stereocenters. The molecule has 2 N–H and O–H groups in total. The van der Waals surface area contributed by atoms with Crippen LogP contribution in [0.15, 0.2) is 24.3 Å². The smallest absolute Gasteiger partial charge is 0.123 e. The van der Waals surface area contributed by atoms with E-state index in [0.29, 0.717) is 6.54 Å². The number of fused-ring (bicyclic) bond motifs is 1. The molecule has 0 spiro atoms. The Morgan fingerprint density at radius 1 is 1.44 bits per heavy atom. The van der Waals surface area contributed by atoms with Gasteiger partial charge in [-0.3, -0.25) is 0 Å². The van der Waals surface area contributed by atoms with Crippen LogP contribution < -0.4 is 5.32 Å². The number of aliphatic hydroxyl groups excluding tert-OH is 1. The summed E-state index contributed by atoms with van der Waals surface area (Å²) in [7, 11) is 0. The van der Waals surface area contributed by atoms with Crippen LogP contribution in [0.2, 0.25) is 0 Å². The maximum Gasteiger partial charge on any atom is 0.123 e. The summed E-state index contributed by atoms with van der Waals surface area (Å²) < 4.78 is 14.1. The summed E-state index contributed by atoms with van der Waals surface area (Å²) in [4.78, 5) is 1.15. The van der Waals surface area contributed by atoms with E-state index < -0.39 is 0 Å². The molecule has 0 bridgehead atoms. The lowest BCUT2D eigenvalue weighted by Gasteiger charge is -2.08. The quantitative estimate of drug-likeness (QED) is 0.859. The zero-order valence-corrected chi connectivity index (χ0v) is 9.85. The molecule has 1 unspecified atom stereocenters. The molecule has 86 valence electrons. The van der Waals surface area contributed by atoms with Crippen LogP contribution in [-0.2, 0) is 6.54 Å². The highest BCUT2D eigenvalue weighted by atomic mass is 32.1. The van der Waals surface area contributed by atoms with E-state index in [1.54, 1.807) is 23.5 Å². The fourth-order valence-electron chi connectivity index (χ4n) is 1.50. The molecule has 2 nitrogen and oxygen atoms in total. The van der Waals surface area contributed by atoms with E-state index in [0.717, 1.165) is 15.0 Å². The second-order valence-electron chi connectivity index (χ2n) is 3.86. The van der Waals surface area contributed by atoms with Crippen molar-refractivity contribution in [2.45, 2.75) is 19.5 Å². The fraction of sp³-hybridized carbons (Fsp3) is 0.333. The lowest BCUT2D eigenvalue weighted by molar-refractivity contribution is 0.251. The maximum absolute atomic E-state index is 13.0. The molecule has 0 aliphatic rings. The first-order valence-corrected chi connectivity index (χ1v) is 6.03. The van der Waals surface area contributed by atoms with E-state index in [-0.39, 0.29) is 18.5 Å². The predicted octanol–water partition coefficient (Wildman–Crippen LogP) is 2.51. The third-order valence-corrected chi connectivity index (χ3v) is 3.54. The third kappa shape index (κ3) is 2.58. The molecule has 1 aromatic heterocycles. The minimum atomic E-state index is -0.200. The van der Waals surface area contributed by atoms with E-state index in [1.165, 1.54) is 6.07 Å². The zero-order chi connectivity index (χ0) is 11.5. The van der Waals surface area contributed by atoms with Crippen LogP contribution in [0.4, 0.5) is 4.39 Å². The van der Waals surface area contributed by atoms with E-state index in [4.69, 9.17) is 5.11 Å². The Kier molecular flexibility index (Phi) is 3.53. The van der Waals surface area contributed by atoms with E-state index in [9.17, 15) is 4.39 Å². The number of rotatable bonds is 4. The normalized spacial score (nSPS) is 13.2. The van der Waals surface area contributed by atoms with Crippen molar-refractivity contribution in [1.29, 1.82) is 0 Å². The van der Waals surface area contributed by atoms with Crippen LogP contribution in [0, 0.1) is 5.82 Å². The van der Waals surface area contributed by atoms with Gasteiger partial charge in [-0.25, -0.2) is 4.39 Å². The third-order valence-electron chi connectivity index (χ3n) is 2.43. The first kappa shape index (κ1) is 11.5. The molecule has 0 fully saturated rings. The van der Waals surface area contributed by atoms with Gasteiger partial charge in [0.05, 0.1) is 6.61 Å². The molecular formula is C12H14FNOS. The number of thiophene rings is 1. The van der Waals surface area contributed by atoms with Crippen molar-refractivity contribution in [2.24, 2.45) is 0 Å². The number of halogens is 1. The van der Waals surface area contributed by atoms with Crippen molar-refractivity contribution < 1.29 is 9.50 Å². The number of hydrogen-bond acceptors (Lipinski definition) is 3. The van der Waals surface area contributed by atoms with Crippen molar-refractivity contribution in [1.82, 2.24) is 5.32 Å². The summed E-state index contributed by atoms with van der Waals surface area (Å²) in [6.45, 7) is 2.76. The highest BCUT2D eigenvalue weighted by Gasteiger charge is 2.04. The minimum absolute atomic E-state index is 0.0851. The predicted molar refractivity (Wildman–Crippen MR) is 65.2 cm³/mol. The van der Waals surface area contributed by atoms with Gasteiger partial charge in [-0.1, -0.05) is 0 Å². The molecule has 0 radical (unpaired) electrons. The van der Waals surface area contributed by atoms with Crippen molar-refractivity contribution in [2.75, 3.05) is 6.61 Å². The van der Waals surface area contributed by atoms with Crippen molar-refractivity contribution in [3.05, 3.63) is 35.0 Å². The highest BCUT2D eigenvalue weighted by molar-refractivity contribution is 7.19. The van der Waals surface area contributed by atoms with Gasteiger partial charge in [0, 0.05) is 22.2 Å². The Morgan fingerprint density at radius 2 is 2.25 bits per heavy atom. The summed E-state index contributed by atoms with van der Waals surface area (Å²) in [5.41, 5.74) is 0. The molecule has 16 heavy (non-hydrogen) atoms. The number of hydrogen-bond donors (Lipinski definition) is 2. The Morgan fingerprint density at radius 3 is 3.00 bits per heavy atom. The van der Waals surface area contributed by atoms with Gasteiger partial charge in [-0.2, -0.15) is 0 Å². The van der Waals surface area contributed by atoms with Gasteiger partial charge in [-0.05, 0) is 36.6 Å². The number of aliphatic hydroxyl groups is 1. The van der Waals surface area contributed by atoms with E-state index in [2.05, 4.69) is 5.32 Å². The Labute approximate surface area is 97.7 Å². The molecule has 0 aliphatic heterocycles. The Balaban J connectivity index is 2.13. The van der Waals surface area contributed by atoms with E-state index >= 15 is 0 Å². The molecule has 2 aromatic rings. The van der Waals surface area contributed by atoms with Crippen LogP contribution in [0.3, 0.4) is 0 Å². The van der Waals surface area contributed by atoms with Gasteiger partial charge in [-0.15, -0.1) is 11.3 Å². The lowest BCUT2D eigenvalue weighted by Crippen LogP contribution is -2.28. The summed E-state index contributed by atoms with van der Waals surface area (Å²) in [6.07, 6.45) is 0. The lowest BCUT2D eigenvalue weighted by atomic mass is 10.2. The number of benzene rings is 1. The van der Waals surface area contributed by atoms with Crippen LogP contribution in [0.5, 0.6) is 0 Å². The Bertz CT molecular complexity index is 483. The van der Waals surface area contributed by atoms with Gasteiger partial charge >= 0.3 is 0 Å². The summed E-state index contributed by atoms with van der Waals surface area (Å²) in [5.74, 6) is -0.200. The first-order valence-electron chi connectivity index (χ1n) is 5.21. The van der Waals surface area contributed by atoms with E-state index in [1.807, 2.05) is 13.0 Å². The van der Waals surface area contributed by atoms with Gasteiger partial charge in [0.25, 0.3) is 0 Å². The molecule has 0 saturated carbocycles. The van der Waals surface area contributed by atoms with Crippen LogP contribution in [0.25, 0.3) is 10.1 Å². The summed E-state index contributed by atoms with van der Waals surface area (Å²) >= 11 is 1.65. The SMILES string of the molecule is CC(CO)NCc1cc2cc(F)ccc2s1. The van der Waals surface area contributed by atoms with Gasteiger partial charge in [0.2, 0.25) is 0 Å². The largest absolute Gasteiger partial charge is 0.395 e. The topological polar surface area (TPSA) is 32.3 Å². The molecule has 2 rings (SSSR count). The summed E-state index contributed by atoms with van der Waals surface area (Å²) in [6, 6.07) is 6.90. The maximum atomic E-state index is 13.0.